The number of halogens is 1. The summed E-state index contributed by atoms with van der Waals surface area (Å²) in [6, 6.07) is 15.1. The van der Waals surface area contributed by atoms with E-state index in [4.69, 9.17) is 20.9 Å². The summed E-state index contributed by atoms with van der Waals surface area (Å²) in [5, 5.41) is 4.84. The van der Waals surface area contributed by atoms with E-state index in [1.807, 2.05) is 55.5 Å². The third-order valence-electron chi connectivity index (χ3n) is 4.68. The molecule has 0 radical (unpaired) electrons. The lowest BCUT2D eigenvalue weighted by Gasteiger charge is -2.26. The van der Waals surface area contributed by atoms with E-state index in [0.717, 1.165) is 22.4 Å². The summed E-state index contributed by atoms with van der Waals surface area (Å²) < 4.78 is 11.2. The Morgan fingerprint density at radius 3 is 2.67 bits per heavy atom. The van der Waals surface area contributed by atoms with Gasteiger partial charge in [0.2, 0.25) is 0 Å². The lowest BCUT2D eigenvalue weighted by molar-refractivity contribution is -0.134. The van der Waals surface area contributed by atoms with Crippen LogP contribution in [0.25, 0.3) is 11.3 Å². The van der Waals surface area contributed by atoms with Gasteiger partial charge in [-0.2, -0.15) is 0 Å². The van der Waals surface area contributed by atoms with Crippen molar-refractivity contribution in [2.45, 2.75) is 19.9 Å². The number of hydrogen-bond acceptors (Lipinski definition) is 4. The summed E-state index contributed by atoms with van der Waals surface area (Å²) in [7, 11) is 0. The molecular formula is C21H19ClN2O3. The zero-order valence-electron chi connectivity index (χ0n) is 14.9. The van der Waals surface area contributed by atoms with Crippen molar-refractivity contribution in [3.05, 3.63) is 70.4 Å². The fourth-order valence-corrected chi connectivity index (χ4v) is 3.25. The van der Waals surface area contributed by atoms with Gasteiger partial charge in [-0.1, -0.05) is 34.5 Å². The molecule has 1 aliphatic rings. The van der Waals surface area contributed by atoms with E-state index in [9.17, 15) is 4.79 Å². The second-order valence-electron chi connectivity index (χ2n) is 6.61. The van der Waals surface area contributed by atoms with E-state index < -0.39 is 0 Å². The van der Waals surface area contributed by atoms with Crippen LogP contribution < -0.4 is 4.74 Å². The Balaban J connectivity index is 1.45. The molecule has 0 atom stereocenters. The standard InChI is InChI=1S/C21H19ClN2O3/c1-14-2-8-17(9-3-14)26-13-20(25)24-11-10-19-18(12-24)21(27-23-19)15-4-6-16(22)7-5-15/h2-9H,10-13H2,1H3. The smallest absolute Gasteiger partial charge is 0.260 e. The molecule has 1 aliphatic heterocycles. The number of nitrogens with zero attached hydrogens (tertiary/aromatic N) is 2. The zero-order valence-corrected chi connectivity index (χ0v) is 15.7. The Morgan fingerprint density at radius 2 is 1.93 bits per heavy atom. The first-order valence-electron chi connectivity index (χ1n) is 8.81. The topological polar surface area (TPSA) is 55.6 Å². The van der Waals surface area contributed by atoms with Gasteiger partial charge in [0.05, 0.1) is 12.2 Å². The molecule has 0 unspecified atom stereocenters. The summed E-state index contributed by atoms with van der Waals surface area (Å²) in [5.41, 5.74) is 3.91. The molecule has 3 aromatic rings. The number of hydrogen-bond donors (Lipinski definition) is 0. The number of fused-ring (bicyclic) bond motifs is 1. The molecule has 2 aromatic carbocycles. The van der Waals surface area contributed by atoms with Crippen molar-refractivity contribution in [3.63, 3.8) is 0 Å². The van der Waals surface area contributed by atoms with Crippen LogP contribution in [-0.4, -0.2) is 29.1 Å². The number of carbonyl (C=O) groups is 1. The molecule has 1 aromatic heterocycles. The molecule has 138 valence electrons. The van der Waals surface area contributed by atoms with Gasteiger partial charge < -0.3 is 14.2 Å². The van der Waals surface area contributed by atoms with Gasteiger partial charge in [-0.3, -0.25) is 4.79 Å². The first-order valence-corrected chi connectivity index (χ1v) is 9.18. The Labute approximate surface area is 162 Å². The quantitative estimate of drug-likeness (QED) is 0.676. The molecule has 0 bridgehead atoms. The number of aryl methyl sites for hydroxylation is 1. The molecule has 0 N–H and O–H groups in total. The highest BCUT2D eigenvalue weighted by Gasteiger charge is 2.27. The van der Waals surface area contributed by atoms with Crippen molar-refractivity contribution in [2.75, 3.05) is 13.2 Å². The molecule has 4 rings (SSSR count). The third-order valence-corrected chi connectivity index (χ3v) is 4.93. The van der Waals surface area contributed by atoms with Crippen LogP contribution in [0.2, 0.25) is 5.02 Å². The molecule has 0 spiro atoms. The molecular weight excluding hydrogens is 364 g/mol. The van der Waals surface area contributed by atoms with Gasteiger partial charge >= 0.3 is 0 Å². The fourth-order valence-electron chi connectivity index (χ4n) is 3.12. The molecule has 27 heavy (non-hydrogen) atoms. The van der Waals surface area contributed by atoms with Gasteiger partial charge in [-0.25, -0.2) is 0 Å². The van der Waals surface area contributed by atoms with Crippen LogP contribution in [0.1, 0.15) is 16.8 Å². The molecule has 2 heterocycles. The van der Waals surface area contributed by atoms with Gasteiger partial charge in [-0.15, -0.1) is 0 Å². The van der Waals surface area contributed by atoms with Crippen molar-refractivity contribution < 1.29 is 14.1 Å². The lowest BCUT2D eigenvalue weighted by Crippen LogP contribution is -2.38. The highest BCUT2D eigenvalue weighted by atomic mass is 35.5. The van der Waals surface area contributed by atoms with Crippen LogP contribution in [-0.2, 0) is 17.8 Å². The van der Waals surface area contributed by atoms with Gasteiger partial charge in [-0.05, 0) is 43.3 Å². The second-order valence-corrected chi connectivity index (χ2v) is 7.05. The van der Waals surface area contributed by atoms with E-state index in [1.165, 1.54) is 0 Å². The average Bonchev–Trinajstić information content (AvgIpc) is 3.11. The Hall–Kier alpha value is -2.79. The summed E-state index contributed by atoms with van der Waals surface area (Å²) in [5.74, 6) is 1.33. The number of ether oxygens (including phenoxy) is 1. The molecule has 0 saturated heterocycles. The number of benzene rings is 2. The summed E-state index contributed by atoms with van der Waals surface area (Å²) in [4.78, 5) is 14.4. The maximum absolute atomic E-state index is 12.6. The van der Waals surface area contributed by atoms with E-state index >= 15 is 0 Å². The number of carbonyl (C=O) groups excluding carboxylic acids is 1. The SMILES string of the molecule is Cc1ccc(OCC(=O)N2CCc3noc(-c4ccc(Cl)cc4)c3C2)cc1. The Morgan fingerprint density at radius 1 is 1.19 bits per heavy atom. The minimum Gasteiger partial charge on any atom is -0.484 e. The van der Waals surface area contributed by atoms with Crippen LogP contribution in [0.5, 0.6) is 5.75 Å². The number of aromatic nitrogens is 1. The van der Waals surface area contributed by atoms with E-state index in [1.54, 1.807) is 4.90 Å². The van der Waals surface area contributed by atoms with Crippen LogP contribution in [0.3, 0.4) is 0 Å². The lowest BCUT2D eigenvalue weighted by atomic mass is 10.0. The molecule has 0 aliphatic carbocycles. The predicted octanol–water partition coefficient (Wildman–Crippen LogP) is 4.27. The highest BCUT2D eigenvalue weighted by molar-refractivity contribution is 6.30. The number of amides is 1. The maximum Gasteiger partial charge on any atom is 0.260 e. The molecule has 0 fully saturated rings. The average molecular weight is 383 g/mol. The highest BCUT2D eigenvalue weighted by Crippen LogP contribution is 2.31. The zero-order chi connectivity index (χ0) is 18.8. The summed E-state index contributed by atoms with van der Waals surface area (Å²) in [6.07, 6.45) is 0.669. The fraction of sp³-hybridized carbons (Fsp3) is 0.238. The molecule has 6 heteroatoms. The normalized spacial score (nSPS) is 13.3. The van der Waals surface area contributed by atoms with Gasteiger partial charge in [0.15, 0.2) is 12.4 Å². The maximum atomic E-state index is 12.6. The van der Waals surface area contributed by atoms with Crippen molar-refractivity contribution >= 4 is 17.5 Å². The molecule has 0 saturated carbocycles. The monoisotopic (exact) mass is 382 g/mol. The third kappa shape index (κ3) is 3.83. The van der Waals surface area contributed by atoms with Crippen LogP contribution in [0.15, 0.2) is 53.1 Å². The minimum absolute atomic E-state index is 0.0138. The van der Waals surface area contributed by atoms with Crippen molar-refractivity contribution in [3.8, 4) is 17.1 Å². The first kappa shape index (κ1) is 17.6. The van der Waals surface area contributed by atoms with Crippen LogP contribution >= 0.6 is 11.6 Å². The van der Waals surface area contributed by atoms with E-state index in [2.05, 4.69) is 5.16 Å². The second kappa shape index (κ2) is 7.45. The summed E-state index contributed by atoms with van der Waals surface area (Å²) in [6.45, 7) is 3.10. The van der Waals surface area contributed by atoms with Crippen molar-refractivity contribution in [2.24, 2.45) is 0 Å². The van der Waals surface area contributed by atoms with E-state index in [0.29, 0.717) is 36.0 Å². The largest absolute Gasteiger partial charge is 0.484 e. The Kier molecular flexibility index (Phi) is 4.86. The van der Waals surface area contributed by atoms with Crippen molar-refractivity contribution in [1.82, 2.24) is 10.1 Å². The van der Waals surface area contributed by atoms with Gasteiger partial charge in [0, 0.05) is 29.1 Å². The van der Waals surface area contributed by atoms with E-state index in [-0.39, 0.29) is 12.5 Å². The minimum atomic E-state index is -0.0514. The van der Waals surface area contributed by atoms with Crippen LogP contribution in [0.4, 0.5) is 0 Å². The van der Waals surface area contributed by atoms with Gasteiger partial charge in [0.25, 0.3) is 5.91 Å². The summed E-state index contributed by atoms with van der Waals surface area (Å²) >= 11 is 5.96. The first-order chi connectivity index (χ1) is 13.1. The van der Waals surface area contributed by atoms with Crippen molar-refractivity contribution in [1.29, 1.82) is 0 Å². The molecule has 5 nitrogen and oxygen atoms in total. The number of rotatable bonds is 4. The van der Waals surface area contributed by atoms with Gasteiger partial charge in [0.1, 0.15) is 5.75 Å². The molecule has 1 amide bonds. The predicted molar refractivity (Wildman–Crippen MR) is 103 cm³/mol. The van der Waals surface area contributed by atoms with Crippen LogP contribution in [0, 0.1) is 6.92 Å². The Bertz CT molecular complexity index is 949.